The fourth-order valence-electron chi connectivity index (χ4n) is 2.57. The molecule has 2 aromatic carbocycles. The van der Waals surface area contributed by atoms with E-state index in [1.807, 2.05) is 6.92 Å². The molecule has 0 fully saturated rings. The molecule has 3 rings (SSSR count). The number of rotatable bonds is 6. The van der Waals surface area contributed by atoms with Gasteiger partial charge in [-0.2, -0.15) is 5.10 Å². The molecule has 0 aliphatic heterocycles. The van der Waals surface area contributed by atoms with Crippen LogP contribution in [-0.2, 0) is 21.2 Å². The molecule has 28 heavy (non-hydrogen) atoms. The molecule has 1 amide bonds. The number of ether oxygens (including phenoxy) is 1. The molecule has 0 saturated heterocycles. The summed E-state index contributed by atoms with van der Waals surface area (Å²) in [6, 6.07) is 12.0. The zero-order valence-electron chi connectivity index (χ0n) is 15.2. The van der Waals surface area contributed by atoms with Crippen molar-refractivity contribution < 1.29 is 17.9 Å². The average molecular weight is 420 g/mol. The Morgan fingerprint density at radius 3 is 2.46 bits per heavy atom. The number of sulfone groups is 1. The van der Waals surface area contributed by atoms with Crippen LogP contribution in [0.3, 0.4) is 0 Å². The van der Waals surface area contributed by atoms with Gasteiger partial charge in [0.25, 0.3) is 0 Å². The van der Waals surface area contributed by atoms with Gasteiger partial charge in [-0.25, -0.2) is 8.42 Å². The van der Waals surface area contributed by atoms with Crippen LogP contribution in [0.1, 0.15) is 5.69 Å². The molecule has 1 aromatic heterocycles. The Balaban J connectivity index is 1.90. The molecule has 9 heteroatoms. The van der Waals surface area contributed by atoms with E-state index in [0.29, 0.717) is 16.5 Å². The lowest BCUT2D eigenvalue weighted by Crippen LogP contribution is -2.20. The summed E-state index contributed by atoms with van der Waals surface area (Å²) in [4.78, 5) is 12.4. The molecule has 146 valence electrons. The van der Waals surface area contributed by atoms with Gasteiger partial charge in [0.15, 0.2) is 0 Å². The van der Waals surface area contributed by atoms with Crippen molar-refractivity contribution in [2.45, 2.75) is 23.3 Å². The van der Waals surface area contributed by atoms with Crippen molar-refractivity contribution in [3.63, 3.8) is 0 Å². The topological polar surface area (TPSA) is 90.3 Å². The Bertz CT molecular complexity index is 1110. The Hall–Kier alpha value is -2.84. The predicted octanol–water partition coefficient (Wildman–Crippen LogP) is 3.33. The smallest absolute Gasteiger partial charge is 0.246 e. The second-order valence-electron chi connectivity index (χ2n) is 6.03. The van der Waals surface area contributed by atoms with Crippen LogP contribution in [0, 0.1) is 6.92 Å². The first kappa shape index (κ1) is 19.9. The molecule has 7 nitrogen and oxygen atoms in total. The molecular formula is C19H18ClN3O4S. The molecular weight excluding hydrogens is 402 g/mol. The van der Waals surface area contributed by atoms with Crippen LogP contribution in [0.5, 0.6) is 5.75 Å². The first-order chi connectivity index (χ1) is 13.3. The molecule has 0 bridgehead atoms. The molecule has 0 radical (unpaired) electrons. The number of aromatic nitrogens is 2. The number of halogens is 1. The van der Waals surface area contributed by atoms with E-state index in [9.17, 15) is 13.2 Å². The van der Waals surface area contributed by atoms with Crippen LogP contribution in [0.2, 0.25) is 5.02 Å². The van der Waals surface area contributed by atoms with E-state index in [-0.39, 0.29) is 22.2 Å². The van der Waals surface area contributed by atoms with Gasteiger partial charge in [0.2, 0.25) is 15.7 Å². The molecule has 0 atom stereocenters. The number of aryl methyl sites for hydroxylation is 1. The first-order valence-corrected chi connectivity index (χ1v) is 10.1. The van der Waals surface area contributed by atoms with E-state index in [4.69, 9.17) is 16.3 Å². The van der Waals surface area contributed by atoms with Gasteiger partial charge in [0.1, 0.15) is 12.3 Å². The third-order valence-electron chi connectivity index (χ3n) is 4.06. The quantitative estimate of drug-likeness (QED) is 0.661. The minimum atomic E-state index is -3.81. The summed E-state index contributed by atoms with van der Waals surface area (Å²) in [5.74, 6) is -0.0319. The zero-order chi connectivity index (χ0) is 20.3. The number of hydrogen-bond acceptors (Lipinski definition) is 5. The minimum Gasteiger partial charge on any atom is -0.497 e. The average Bonchev–Trinajstić information content (AvgIpc) is 3.06. The fourth-order valence-corrected chi connectivity index (χ4v) is 4.01. The lowest BCUT2D eigenvalue weighted by Gasteiger charge is -2.12. The van der Waals surface area contributed by atoms with E-state index < -0.39 is 9.84 Å². The van der Waals surface area contributed by atoms with Crippen LogP contribution in [0.4, 0.5) is 5.69 Å². The summed E-state index contributed by atoms with van der Waals surface area (Å²) in [5.41, 5.74) is 1.15. The summed E-state index contributed by atoms with van der Waals surface area (Å²) in [7, 11) is -2.39. The molecule has 0 unspecified atom stereocenters. The predicted molar refractivity (Wildman–Crippen MR) is 105 cm³/mol. The summed E-state index contributed by atoms with van der Waals surface area (Å²) in [6.07, 6.45) is 1.60. The number of anilines is 1. The zero-order valence-corrected chi connectivity index (χ0v) is 16.8. The maximum Gasteiger partial charge on any atom is 0.246 e. The van der Waals surface area contributed by atoms with Gasteiger partial charge in [0.05, 0.1) is 16.9 Å². The lowest BCUT2D eigenvalue weighted by atomic mass is 10.3. The highest BCUT2D eigenvalue weighted by Crippen LogP contribution is 2.29. The highest BCUT2D eigenvalue weighted by molar-refractivity contribution is 7.91. The number of carbonyl (C=O) groups excluding carboxylic acids is 1. The summed E-state index contributed by atoms with van der Waals surface area (Å²) in [5, 5.41) is 7.19. The molecule has 0 aliphatic carbocycles. The van der Waals surface area contributed by atoms with E-state index in [0.717, 1.165) is 5.69 Å². The van der Waals surface area contributed by atoms with Gasteiger partial charge in [-0.3, -0.25) is 9.48 Å². The van der Waals surface area contributed by atoms with E-state index in [2.05, 4.69) is 10.4 Å². The number of nitrogens with one attached hydrogen (secondary N) is 1. The van der Waals surface area contributed by atoms with Crippen molar-refractivity contribution >= 4 is 33.0 Å². The summed E-state index contributed by atoms with van der Waals surface area (Å²) in [6.45, 7) is 1.85. The van der Waals surface area contributed by atoms with E-state index in [1.165, 1.54) is 43.5 Å². The lowest BCUT2D eigenvalue weighted by molar-refractivity contribution is -0.116. The van der Waals surface area contributed by atoms with Gasteiger partial charge in [-0.05, 0) is 49.4 Å². The maximum atomic E-state index is 12.9. The SMILES string of the molecule is COc1cc(NC(=O)Cn2nccc2C)cc(S(=O)(=O)c2ccc(Cl)cc2)c1. The van der Waals surface area contributed by atoms with Gasteiger partial charge in [0, 0.05) is 28.7 Å². The van der Waals surface area contributed by atoms with Crippen molar-refractivity contribution in [1.29, 1.82) is 0 Å². The third kappa shape index (κ3) is 4.35. The van der Waals surface area contributed by atoms with Gasteiger partial charge >= 0.3 is 0 Å². The summed E-state index contributed by atoms with van der Waals surface area (Å²) >= 11 is 5.84. The second kappa shape index (κ2) is 8.04. The van der Waals surface area contributed by atoms with Crippen molar-refractivity contribution in [1.82, 2.24) is 9.78 Å². The second-order valence-corrected chi connectivity index (χ2v) is 8.42. The van der Waals surface area contributed by atoms with Gasteiger partial charge < -0.3 is 10.1 Å². The van der Waals surface area contributed by atoms with Gasteiger partial charge in [-0.15, -0.1) is 0 Å². The standard InChI is InChI=1S/C19H18ClN3O4S/c1-13-7-8-21-23(13)12-19(24)22-15-9-16(27-2)11-18(10-15)28(25,26)17-5-3-14(20)4-6-17/h3-11H,12H2,1-2H3,(H,22,24). The monoisotopic (exact) mass is 419 g/mol. The number of carbonyl (C=O) groups is 1. The molecule has 3 aromatic rings. The number of hydrogen-bond donors (Lipinski definition) is 1. The Kier molecular flexibility index (Phi) is 5.71. The van der Waals surface area contributed by atoms with Crippen LogP contribution in [-0.4, -0.2) is 31.2 Å². The van der Waals surface area contributed by atoms with Crippen LogP contribution >= 0.6 is 11.6 Å². The largest absolute Gasteiger partial charge is 0.497 e. The van der Waals surface area contributed by atoms with Crippen molar-refractivity contribution in [3.05, 3.63) is 65.4 Å². The van der Waals surface area contributed by atoms with E-state index in [1.54, 1.807) is 23.0 Å². The molecule has 0 saturated carbocycles. The normalized spacial score (nSPS) is 11.2. The number of methoxy groups -OCH3 is 1. The van der Waals surface area contributed by atoms with Crippen molar-refractivity contribution in [2.75, 3.05) is 12.4 Å². The fraction of sp³-hybridized carbons (Fsp3) is 0.158. The Labute approximate surface area is 167 Å². The van der Waals surface area contributed by atoms with Crippen LogP contribution in [0.25, 0.3) is 0 Å². The Morgan fingerprint density at radius 2 is 1.86 bits per heavy atom. The van der Waals surface area contributed by atoms with Crippen LogP contribution < -0.4 is 10.1 Å². The third-order valence-corrected chi connectivity index (χ3v) is 6.06. The highest BCUT2D eigenvalue weighted by Gasteiger charge is 2.20. The number of nitrogens with zero attached hydrogens (tertiary/aromatic N) is 2. The first-order valence-electron chi connectivity index (χ1n) is 8.27. The van der Waals surface area contributed by atoms with E-state index >= 15 is 0 Å². The highest BCUT2D eigenvalue weighted by atomic mass is 35.5. The number of amides is 1. The molecule has 0 aliphatic rings. The maximum absolute atomic E-state index is 12.9. The minimum absolute atomic E-state index is 0.000239. The molecule has 1 N–H and O–H groups in total. The van der Waals surface area contributed by atoms with Crippen LogP contribution in [0.15, 0.2) is 64.5 Å². The van der Waals surface area contributed by atoms with Gasteiger partial charge in [-0.1, -0.05) is 11.6 Å². The molecule has 0 spiro atoms. The number of benzene rings is 2. The molecule has 1 heterocycles. The summed E-state index contributed by atoms with van der Waals surface area (Å²) < 4.78 is 32.6. The Morgan fingerprint density at radius 1 is 1.14 bits per heavy atom. The van der Waals surface area contributed by atoms with Crippen molar-refractivity contribution in [2.24, 2.45) is 0 Å². The van der Waals surface area contributed by atoms with Crippen molar-refractivity contribution in [3.8, 4) is 5.75 Å².